The molecule has 0 radical (unpaired) electrons. The van der Waals surface area contributed by atoms with Crippen molar-refractivity contribution in [2.24, 2.45) is 0 Å². The second-order valence-corrected chi connectivity index (χ2v) is 6.79. The summed E-state index contributed by atoms with van der Waals surface area (Å²) in [5, 5.41) is 2.71. The highest BCUT2D eigenvalue weighted by atomic mass is 79.9. The largest absolute Gasteiger partial charge is 0.135 e. The number of thiophene rings is 1. The van der Waals surface area contributed by atoms with Crippen molar-refractivity contribution < 1.29 is 0 Å². The second-order valence-electron chi connectivity index (χ2n) is 4.79. The molecule has 3 aromatic carbocycles. The van der Waals surface area contributed by atoms with E-state index in [0.29, 0.717) is 0 Å². The maximum absolute atomic E-state index is 3.64. The van der Waals surface area contributed by atoms with Gasteiger partial charge in [-0.25, -0.2) is 0 Å². The van der Waals surface area contributed by atoms with Gasteiger partial charge in [0.25, 0.3) is 0 Å². The molecule has 2 heteroatoms. The van der Waals surface area contributed by atoms with Crippen molar-refractivity contribution in [3.8, 4) is 11.1 Å². The first-order valence-corrected chi connectivity index (χ1v) is 8.10. The summed E-state index contributed by atoms with van der Waals surface area (Å²) in [6, 6.07) is 23.7. The molecule has 4 aromatic rings. The van der Waals surface area contributed by atoms with Crippen LogP contribution in [0, 0.1) is 0 Å². The quantitative estimate of drug-likeness (QED) is 0.372. The molecule has 0 N–H and O–H groups in total. The first kappa shape index (κ1) is 12.1. The van der Waals surface area contributed by atoms with Crippen LogP contribution in [0.2, 0.25) is 0 Å². The van der Waals surface area contributed by atoms with Crippen LogP contribution in [0.3, 0.4) is 0 Å². The minimum atomic E-state index is 1.13. The van der Waals surface area contributed by atoms with Crippen LogP contribution in [-0.2, 0) is 0 Å². The zero-order valence-corrected chi connectivity index (χ0v) is 13.0. The Kier molecular flexibility index (Phi) is 2.86. The van der Waals surface area contributed by atoms with Gasteiger partial charge in [-0.1, -0.05) is 64.5 Å². The molecule has 4 rings (SSSR count). The third-order valence-electron chi connectivity index (χ3n) is 3.53. The van der Waals surface area contributed by atoms with Crippen molar-refractivity contribution in [1.82, 2.24) is 0 Å². The van der Waals surface area contributed by atoms with Crippen molar-refractivity contribution in [1.29, 1.82) is 0 Å². The highest BCUT2D eigenvalue weighted by Crippen LogP contribution is 2.41. The van der Waals surface area contributed by atoms with Crippen LogP contribution < -0.4 is 0 Å². The van der Waals surface area contributed by atoms with Gasteiger partial charge in [0.2, 0.25) is 0 Å². The van der Waals surface area contributed by atoms with Gasteiger partial charge in [-0.2, -0.15) is 0 Å². The van der Waals surface area contributed by atoms with Crippen LogP contribution in [0.5, 0.6) is 0 Å². The van der Waals surface area contributed by atoms with Gasteiger partial charge < -0.3 is 0 Å². The highest BCUT2D eigenvalue weighted by molar-refractivity contribution is 9.10. The highest BCUT2D eigenvalue weighted by Gasteiger charge is 2.11. The predicted molar refractivity (Wildman–Crippen MR) is 92.5 cm³/mol. The number of hydrogen-bond donors (Lipinski definition) is 0. The Hall–Kier alpha value is -1.64. The third-order valence-corrected chi connectivity index (χ3v) is 5.10. The van der Waals surface area contributed by atoms with E-state index in [-0.39, 0.29) is 0 Å². The normalized spacial score (nSPS) is 11.2. The van der Waals surface area contributed by atoms with Crippen molar-refractivity contribution in [2.45, 2.75) is 0 Å². The maximum atomic E-state index is 3.64. The summed E-state index contributed by atoms with van der Waals surface area (Å²) in [4.78, 5) is 0. The zero-order chi connectivity index (χ0) is 13.5. The summed E-state index contributed by atoms with van der Waals surface area (Å²) in [6.07, 6.45) is 0. The van der Waals surface area contributed by atoms with Crippen LogP contribution in [0.25, 0.3) is 31.3 Å². The number of halogens is 1. The predicted octanol–water partition coefficient (Wildman–Crippen LogP) is 6.48. The van der Waals surface area contributed by atoms with E-state index in [1.165, 1.54) is 31.3 Å². The van der Waals surface area contributed by atoms with Gasteiger partial charge in [0.15, 0.2) is 0 Å². The molecule has 0 aliphatic carbocycles. The van der Waals surface area contributed by atoms with Crippen molar-refractivity contribution in [3.63, 3.8) is 0 Å². The average molecular weight is 339 g/mol. The minimum absolute atomic E-state index is 1.13. The molecule has 0 nitrogen and oxygen atoms in total. The van der Waals surface area contributed by atoms with E-state index in [1.54, 1.807) is 0 Å². The lowest BCUT2D eigenvalue weighted by atomic mass is 10.00. The van der Waals surface area contributed by atoms with Crippen LogP contribution in [0.1, 0.15) is 0 Å². The van der Waals surface area contributed by atoms with Gasteiger partial charge in [0.05, 0.1) is 0 Å². The summed E-state index contributed by atoms with van der Waals surface area (Å²) in [5.41, 5.74) is 2.56. The standard InChI is InChI=1S/C18H11BrS/c19-13-10-15(12-6-2-1-3-7-12)18-14-8-4-5-9-16(14)20-17(18)11-13/h1-11H. The molecule has 1 aromatic heterocycles. The summed E-state index contributed by atoms with van der Waals surface area (Å²) in [5.74, 6) is 0. The maximum Gasteiger partial charge on any atom is 0.0372 e. The van der Waals surface area contributed by atoms with E-state index >= 15 is 0 Å². The van der Waals surface area contributed by atoms with E-state index in [2.05, 4.69) is 82.7 Å². The monoisotopic (exact) mass is 338 g/mol. The van der Waals surface area contributed by atoms with Gasteiger partial charge in [0, 0.05) is 24.6 Å². The molecule has 0 aliphatic rings. The summed E-state index contributed by atoms with van der Waals surface area (Å²) >= 11 is 5.50. The molecule has 0 atom stereocenters. The van der Waals surface area contributed by atoms with Crippen molar-refractivity contribution in [3.05, 3.63) is 71.2 Å². The Morgan fingerprint density at radius 3 is 2.35 bits per heavy atom. The topological polar surface area (TPSA) is 0 Å². The Labute approximate surface area is 129 Å². The van der Waals surface area contributed by atoms with Crippen LogP contribution in [-0.4, -0.2) is 0 Å². The number of benzene rings is 3. The fraction of sp³-hybridized carbons (Fsp3) is 0. The molecule has 20 heavy (non-hydrogen) atoms. The summed E-state index contributed by atoms with van der Waals surface area (Å²) in [7, 11) is 0. The molecule has 0 saturated carbocycles. The van der Waals surface area contributed by atoms with Gasteiger partial charge in [-0.3, -0.25) is 0 Å². The molecule has 0 unspecified atom stereocenters. The fourth-order valence-corrected chi connectivity index (χ4v) is 4.45. The third kappa shape index (κ3) is 1.88. The number of fused-ring (bicyclic) bond motifs is 3. The summed E-state index contributed by atoms with van der Waals surface area (Å²) < 4.78 is 3.81. The van der Waals surface area contributed by atoms with E-state index in [9.17, 15) is 0 Å². The molecule has 0 fully saturated rings. The Morgan fingerprint density at radius 1 is 0.750 bits per heavy atom. The van der Waals surface area contributed by atoms with Crippen LogP contribution >= 0.6 is 27.3 Å². The van der Waals surface area contributed by atoms with Gasteiger partial charge in [-0.15, -0.1) is 11.3 Å². The minimum Gasteiger partial charge on any atom is -0.135 e. The average Bonchev–Trinajstić information content (AvgIpc) is 2.85. The van der Waals surface area contributed by atoms with E-state index in [1.807, 2.05) is 11.3 Å². The molecule has 1 heterocycles. The van der Waals surface area contributed by atoms with Gasteiger partial charge in [0.1, 0.15) is 0 Å². The van der Waals surface area contributed by atoms with E-state index < -0.39 is 0 Å². The lowest BCUT2D eigenvalue weighted by Gasteiger charge is -2.05. The lowest BCUT2D eigenvalue weighted by molar-refractivity contribution is 1.65. The Balaban J connectivity index is 2.19. The zero-order valence-electron chi connectivity index (χ0n) is 10.6. The van der Waals surface area contributed by atoms with Crippen molar-refractivity contribution >= 4 is 47.4 Å². The van der Waals surface area contributed by atoms with E-state index in [0.717, 1.165) is 4.47 Å². The fourth-order valence-electron chi connectivity index (χ4n) is 2.67. The summed E-state index contributed by atoms with van der Waals surface area (Å²) in [6.45, 7) is 0. The first-order valence-electron chi connectivity index (χ1n) is 6.49. The first-order chi connectivity index (χ1) is 9.83. The molecule has 0 saturated heterocycles. The molecule has 0 amide bonds. The number of hydrogen-bond acceptors (Lipinski definition) is 1. The smallest absolute Gasteiger partial charge is 0.0372 e. The van der Waals surface area contributed by atoms with E-state index in [4.69, 9.17) is 0 Å². The number of rotatable bonds is 1. The SMILES string of the molecule is Brc1cc(-c2ccccc2)c2c(c1)sc1ccccc12. The van der Waals surface area contributed by atoms with Gasteiger partial charge in [-0.05, 0) is 29.3 Å². The van der Waals surface area contributed by atoms with Crippen LogP contribution in [0.4, 0.5) is 0 Å². The molecular formula is C18H11BrS. The molecule has 0 aliphatic heterocycles. The molecule has 96 valence electrons. The lowest BCUT2D eigenvalue weighted by Crippen LogP contribution is -1.79. The van der Waals surface area contributed by atoms with Crippen LogP contribution in [0.15, 0.2) is 71.2 Å². The Bertz CT molecular complexity index is 907. The molecular weight excluding hydrogens is 328 g/mol. The Morgan fingerprint density at radius 2 is 1.50 bits per heavy atom. The van der Waals surface area contributed by atoms with Crippen molar-refractivity contribution in [2.75, 3.05) is 0 Å². The molecule has 0 spiro atoms. The molecule has 0 bridgehead atoms. The second kappa shape index (κ2) is 4.72. The van der Waals surface area contributed by atoms with Gasteiger partial charge >= 0.3 is 0 Å².